The first-order valence-electron chi connectivity index (χ1n) is 5.56. The van der Waals surface area contributed by atoms with E-state index in [0.29, 0.717) is 12.7 Å². The third-order valence-corrected chi connectivity index (χ3v) is 4.20. The number of nitrogens with one attached hydrogen (secondary N) is 1. The first-order chi connectivity index (χ1) is 7.77. The van der Waals surface area contributed by atoms with Crippen LogP contribution in [0.2, 0.25) is 0 Å². The van der Waals surface area contributed by atoms with E-state index in [1.54, 1.807) is 0 Å². The maximum Gasteiger partial charge on any atom is 0.231 e. The summed E-state index contributed by atoms with van der Waals surface area (Å²) in [5.74, 6) is 2.38. The maximum atomic E-state index is 5.61. The molecular formula is C12H14BrNO2. The van der Waals surface area contributed by atoms with Crippen molar-refractivity contribution in [3.05, 3.63) is 21.7 Å². The van der Waals surface area contributed by atoms with Gasteiger partial charge in [-0.1, -0.05) is 15.9 Å². The molecule has 0 aromatic heterocycles. The summed E-state index contributed by atoms with van der Waals surface area (Å²) in [5.41, 5.74) is 2.59. The van der Waals surface area contributed by atoms with Crippen LogP contribution in [-0.2, 0) is 0 Å². The van der Waals surface area contributed by atoms with Crippen molar-refractivity contribution in [3.8, 4) is 11.5 Å². The van der Waals surface area contributed by atoms with E-state index in [0.717, 1.165) is 29.1 Å². The van der Waals surface area contributed by atoms with E-state index in [1.165, 1.54) is 17.5 Å². The number of benzene rings is 1. The van der Waals surface area contributed by atoms with E-state index in [4.69, 9.17) is 9.47 Å². The Labute approximate surface area is 103 Å². The predicted molar refractivity (Wildman–Crippen MR) is 65.2 cm³/mol. The Balaban J connectivity index is 2.14. The molecule has 1 atom stereocenters. The Kier molecular flexibility index (Phi) is 2.56. The zero-order chi connectivity index (χ0) is 11.1. The molecule has 1 fully saturated rings. The molecule has 1 aromatic rings. The Morgan fingerprint density at radius 1 is 1.44 bits per heavy atom. The lowest BCUT2D eigenvalue weighted by molar-refractivity contribution is 0.173. The van der Waals surface area contributed by atoms with Gasteiger partial charge in [0, 0.05) is 22.5 Å². The van der Waals surface area contributed by atoms with Gasteiger partial charge in [-0.05, 0) is 31.5 Å². The Morgan fingerprint density at radius 3 is 3.06 bits per heavy atom. The minimum atomic E-state index is 0.346. The number of ether oxygens (including phenoxy) is 2. The van der Waals surface area contributed by atoms with Crippen molar-refractivity contribution in [1.29, 1.82) is 0 Å². The van der Waals surface area contributed by atoms with E-state index in [1.807, 2.05) is 6.07 Å². The molecule has 16 heavy (non-hydrogen) atoms. The average molecular weight is 284 g/mol. The summed E-state index contributed by atoms with van der Waals surface area (Å²) in [6, 6.07) is 2.00. The fourth-order valence-electron chi connectivity index (χ4n) is 2.52. The first-order valence-corrected chi connectivity index (χ1v) is 6.36. The van der Waals surface area contributed by atoms with E-state index >= 15 is 0 Å². The molecule has 3 nitrogen and oxygen atoms in total. The van der Waals surface area contributed by atoms with Gasteiger partial charge in [0.15, 0.2) is 11.5 Å². The molecule has 2 aliphatic rings. The predicted octanol–water partition coefficient (Wildman–Crippen LogP) is 2.56. The van der Waals surface area contributed by atoms with Gasteiger partial charge in [0.05, 0.1) is 0 Å². The fourth-order valence-corrected chi connectivity index (χ4v) is 2.94. The van der Waals surface area contributed by atoms with Gasteiger partial charge < -0.3 is 14.8 Å². The van der Waals surface area contributed by atoms with Crippen LogP contribution in [0.4, 0.5) is 0 Å². The van der Waals surface area contributed by atoms with Crippen molar-refractivity contribution in [2.24, 2.45) is 0 Å². The summed E-state index contributed by atoms with van der Waals surface area (Å²) in [7, 11) is 0. The lowest BCUT2D eigenvalue weighted by Gasteiger charge is -2.16. The minimum Gasteiger partial charge on any atom is -0.454 e. The molecule has 1 saturated heterocycles. The van der Waals surface area contributed by atoms with Crippen LogP contribution in [0.1, 0.15) is 23.5 Å². The Morgan fingerprint density at radius 2 is 2.31 bits per heavy atom. The third kappa shape index (κ3) is 1.52. The number of hydrogen-bond acceptors (Lipinski definition) is 3. The number of rotatable bonds is 1. The monoisotopic (exact) mass is 283 g/mol. The Hall–Kier alpha value is -0.740. The van der Waals surface area contributed by atoms with Crippen LogP contribution in [0.5, 0.6) is 11.5 Å². The lowest BCUT2D eigenvalue weighted by atomic mass is 9.93. The number of hydrogen-bond donors (Lipinski definition) is 1. The summed E-state index contributed by atoms with van der Waals surface area (Å²) < 4.78 is 12.2. The maximum absolute atomic E-state index is 5.61. The molecule has 4 heteroatoms. The van der Waals surface area contributed by atoms with E-state index in [9.17, 15) is 0 Å². The molecule has 2 heterocycles. The lowest BCUT2D eigenvalue weighted by Crippen LogP contribution is -2.09. The van der Waals surface area contributed by atoms with Gasteiger partial charge in [-0.25, -0.2) is 0 Å². The molecule has 2 aliphatic heterocycles. The largest absolute Gasteiger partial charge is 0.454 e. The van der Waals surface area contributed by atoms with Crippen LogP contribution >= 0.6 is 15.9 Å². The average Bonchev–Trinajstić information content (AvgIpc) is 2.89. The second-order valence-electron chi connectivity index (χ2n) is 4.32. The highest BCUT2D eigenvalue weighted by atomic mass is 79.9. The van der Waals surface area contributed by atoms with Crippen molar-refractivity contribution in [3.63, 3.8) is 0 Å². The molecule has 0 aliphatic carbocycles. The van der Waals surface area contributed by atoms with Gasteiger partial charge in [0.25, 0.3) is 0 Å². The molecule has 0 spiro atoms. The molecule has 0 bridgehead atoms. The topological polar surface area (TPSA) is 30.5 Å². The molecule has 3 rings (SSSR count). The van der Waals surface area contributed by atoms with Gasteiger partial charge in [-0.3, -0.25) is 0 Å². The summed E-state index contributed by atoms with van der Waals surface area (Å²) in [4.78, 5) is 0. The summed E-state index contributed by atoms with van der Waals surface area (Å²) in [6.45, 7) is 4.61. The number of halogens is 1. The molecule has 0 amide bonds. The van der Waals surface area contributed by atoms with Crippen molar-refractivity contribution in [1.82, 2.24) is 5.32 Å². The van der Waals surface area contributed by atoms with Crippen LogP contribution in [0.3, 0.4) is 0 Å². The van der Waals surface area contributed by atoms with Crippen molar-refractivity contribution in [2.75, 3.05) is 19.9 Å². The van der Waals surface area contributed by atoms with E-state index < -0.39 is 0 Å². The second-order valence-corrected chi connectivity index (χ2v) is 5.17. The van der Waals surface area contributed by atoms with Crippen molar-refractivity contribution < 1.29 is 9.47 Å². The zero-order valence-corrected chi connectivity index (χ0v) is 10.8. The molecule has 86 valence electrons. The van der Waals surface area contributed by atoms with Crippen molar-refractivity contribution in [2.45, 2.75) is 19.3 Å². The molecular weight excluding hydrogens is 270 g/mol. The quantitative estimate of drug-likeness (QED) is 0.859. The Bertz CT molecular complexity index is 428. The highest BCUT2D eigenvalue weighted by Gasteiger charge is 2.28. The zero-order valence-electron chi connectivity index (χ0n) is 9.18. The highest BCUT2D eigenvalue weighted by molar-refractivity contribution is 9.10. The van der Waals surface area contributed by atoms with Gasteiger partial charge in [-0.2, -0.15) is 0 Å². The fraction of sp³-hybridized carbons (Fsp3) is 0.500. The highest BCUT2D eigenvalue weighted by Crippen LogP contribution is 2.45. The van der Waals surface area contributed by atoms with E-state index in [2.05, 4.69) is 28.2 Å². The van der Waals surface area contributed by atoms with Crippen molar-refractivity contribution >= 4 is 15.9 Å². The van der Waals surface area contributed by atoms with E-state index in [-0.39, 0.29) is 0 Å². The third-order valence-electron chi connectivity index (χ3n) is 3.37. The summed E-state index contributed by atoms with van der Waals surface area (Å²) in [5, 5.41) is 3.40. The normalized spacial score (nSPS) is 22.8. The van der Waals surface area contributed by atoms with Crippen LogP contribution < -0.4 is 14.8 Å². The van der Waals surface area contributed by atoms with Gasteiger partial charge >= 0.3 is 0 Å². The van der Waals surface area contributed by atoms with Crippen LogP contribution in [0.25, 0.3) is 0 Å². The standard InChI is InChI=1S/C12H14BrNO2/c1-7-9(13)4-10-12(16-6-15-10)11(7)8-2-3-14-5-8/h4,8,14H,2-3,5-6H2,1H3. The van der Waals surface area contributed by atoms with Gasteiger partial charge in [0.1, 0.15) is 0 Å². The summed E-state index contributed by atoms with van der Waals surface area (Å²) in [6.07, 6.45) is 1.17. The summed E-state index contributed by atoms with van der Waals surface area (Å²) >= 11 is 3.59. The van der Waals surface area contributed by atoms with Crippen LogP contribution in [0.15, 0.2) is 10.5 Å². The minimum absolute atomic E-state index is 0.346. The molecule has 1 N–H and O–H groups in total. The molecule has 0 saturated carbocycles. The first kappa shape index (κ1) is 10.4. The molecule has 1 aromatic carbocycles. The smallest absolute Gasteiger partial charge is 0.231 e. The van der Waals surface area contributed by atoms with Gasteiger partial charge in [0.2, 0.25) is 6.79 Å². The molecule has 0 radical (unpaired) electrons. The van der Waals surface area contributed by atoms with Gasteiger partial charge in [-0.15, -0.1) is 0 Å². The van der Waals surface area contributed by atoms with Crippen LogP contribution in [0, 0.1) is 6.92 Å². The van der Waals surface area contributed by atoms with Crippen LogP contribution in [-0.4, -0.2) is 19.9 Å². The molecule has 1 unspecified atom stereocenters. The number of fused-ring (bicyclic) bond motifs is 1. The second kappa shape index (κ2) is 3.93. The SMILES string of the molecule is Cc1c(Br)cc2c(c1C1CCNC1)OCO2.